The summed E-state index contributed by atoms with van der Waals surface area (Å²) in [5.41, 5.74) is 0.917. The van der Waals surface area contributed by atoms with E-state index in [0.29, 0.717) is 32.0 Å². The van der Waals surface area contributed by atoms with Gasteiger partial charge in [0.2, 0.25) is 0 Å². The fourth-order valence-corrected chi connectivity index (χ4v) is 3.14. The maximum atomic E-state index is 12.3. The zero-order valence-corrected chi connectivity index (χ0v) is 14.0. The van der Waals surface area contributed by atoms with Gasteiger partial charge in [0.1, 0.15) is 12.4 Å². The Bertz CT molecular complexity index is 772. The summed E-state index contributed by atoms with van der Waals surface area (Å²) < 4.78 is 7.30. The first kappa shape index (κ1) is 17.1. The van der Waals surface area contributed by atoms with E-state index < -0.39 is 6.09 Å². The van der Waals surface area contributed by atoms with Crippen molar-refractivity contribution in [3.8, 4) is 5.75 Å². The highest BCUT2D eigenvalue weighted by Crippen LogP contribution is 2.18. The van der Waals surface area contributed by atoms with E-state index in [1.54, 1.807) is 16.8 Å². The average Bonchev–Trinajstić information content (AvgIpc) is 2.63. The molecule has 0 saturated carbocycles. The molecule has 1 unspecified atom stereocenters. The van der Waals surface area contributed by atoms with Crippen LogP contribution in [-0.4, -0.2) is 33.8 Å². The minimum Gasteiger partial charge on any atom is -0.489 e. The first-order valence-electron chi connectivity index (χ1n) is 8.47. The number of rotatable bonds is 5. The normalized spacial score (nSPS) is 17.3. The second kappa shape index (κ2) is 7.88. The van der Waals surface area contributed by atoms with Crippen LogP contribution < -0.4 is 10.3 Å². The van der Waals surface area contributed by atoms with Gasteiger partial charge in [-0.3, -0.25) is 4.79 Å². The molecule has 0 aliphatic carbocycles. The molecule has 6 heteroatoms. The number of ether oxygens (including phenoxy) is 1. The molecule has 1 atom stereocenters. The number of benzene rings is 1. The summed E-state index contributed by atoms with van der Waals surface area (Å²) in [5.74, 6) is 0.708. The Morgan fingerprint density at radius 1 is 1.24 bits per heavy atom. The maximum Gasteiger partial charge on any atom is 0.407 e. The van der Waals surface area contributed by atoms with Crippen molar-refractivity contribution >= 4 is 6.09 Å². The number of likely N-dealkylation sites (tertiary alicyclic amines) is 1. The molecule has 1 aliphatic heterocycles. The third-order valence-corrected chi connectivity index (χ3v) is 4.46. The molecule has 1 amide bonds. The van der Waals surface area contributed by atoms with Crippen molar-refractivity contribution in [3.05, 3.63) is 64.6 Å². The Balaban J connectivity index is 1.60. The molecule has 1 fully saturated rings. The van der Waals surface area contributed by atoms with Crippen molar-refractivity contribution < 1.29 is 14.6 Å². The number of hydrogen-bond acceptors (Lipinski definition) is 3. The van der Waals surface area contributed by atoms with E-state index in [1.807, 2.05) is 30.3 Å². The molecule has 6 nitrogen and oxygen atoms in total. The van der Waals surface area contributed by atoms with E-state index in [4.69, 9.17) is 9.84 Å². The lowest BCUT2D eigenvalue weighted by molar-refractivity contribution is 0.116. The molecular weight excluding hydrogens is 320 g/mol. The van der Waals surface area contributed by atoms with Gasteiger partial charge >= 0.3 is 6.09 Å². The summed E-state index contributed by atoms with van der Waals surface area (Å²) in [7, 11) is 0. The molecule has 0 spiro atoms. The predicted octanol–water partition coefficient (Wildman–Crippen LogP) is 2.82. The molecule has 1 aromatic heterocycles. The van der Waals surface area contributed by atoms with Gasteiger partial charge < -0.3 is 19.3 Å². The molecule has 1 aromatic carbocycles. The fourth-order valence-electron chi connectivity index (χ4n) is 3.14. The number of hydrogen-bond donors (Lipinski definition) is 1. The van der Waals surface area contributed by atoms with E-state index in [-0.39, 0.29) is 11.5 Å². The lowest BCUT2D eigenvalue weighted by atomic mass is 9.98. The van der Waals surface area contributed by atoms with Crippen LogP contribution in [0.4, 0.5) is 4.79 Å². The van der Waals surface area contributed by atoms with E-state index in [0.717, 1.165) is 18.4 Å². The van der Waals surface area contributed by atoms with Crippen LogP contribution in [0.5, 0.6) is 5.75 Å². The number of carbonyl (C=O) groups is 1. The van der Waals surface area contributed by atoms with Gasteiger partial charge in [-0.15, -0.1) is 0 Å². The van der Waals surface area contributed by atoms with Crippen LogP contribution in [0.15, 0.2) is 53.5 Å². The summed E-state index contributed by atoms with van der Waals surface area (Å²) in [5, 5.41) is 9.11. The monoisotopic (exact) mass is 342 g/mol. The quantitative estimate of drug-likeness (QED) is 0.907. The Labute approximate surface area is 146 Å². The van der Waals surface area contributed by atoms with Crippen molar-refractivity contribution in [1.82, 2.24) is 9.47 Å². The number of piperidine rings is 1. The minimum absolute atomic E-state index is 0.127. The van der Waals surface area contributed by atoms with Crippen molar-refractivity contribution in [2.45, 2.75) is 26.0 Å². The fraction of sp³-hybridized carbons (Fsp3) is 0.368. The zero-order valence-electron chi connectivity index (χ0n) is 14.0. The van der Waals surface area contributed by atoms with E-state index in [1.165, 1.54) is 11.0 Å². The predicted molar refractivity (Wildman–Crippen MR) is 93.8 cm³/mol. The highest BCUT2D eigenvalue weighted by molar-refractivity contribution is 5.65. The Morgan fingerprint density at radius 3 is 2.76 bits per heavy atom. The molecule has 132 valence electrons. The zero-order chi connectivity index (χ0) is 17.6. The average molecular weight is 342 g/mol. The Hall–Kier alpha value is -2.76. The highest BCUT2D eigenvalue weighted by atomic mass is 16.5. The number of nitrogens with zero attached hydrogens (tertiary/aromatic N) is 2. The van der Waals surface area contributed by atoms with Crippen molar-refractivity contribution in [1.29, 1.82) is 0 Å². The lowest BCUT2D eigenvalue weighted by Crippen LogP contribution is -2.41. The minimum atomic E-state index is -0.887. The lowest BCUT2D eigenvalue weighted by Gasteiger charge is -2.31. The first-order valence-corrected chi connectivity index (χ1v) is 8.47. The van der Waals surface area contributed by atoms with Crippen LogP contribution in [0.2, 0.25) is 0 Å². The summed E-state index contributed by atoms with van der Waals surface area (Å²) in [6.45, 7) is 2.00. The molecule has 3 rings (SSSR count). The highest BCUT2D eigenvalue weighted by Gasteiger charge is 2.23. The molecular formula is C19H22N2O4. The van der Waals surface area contributed by atoms with E-state index in [9.17, 15) is 9.59 Å². The summed E-state index contributed by atoms with van der Waals surface area (Å²) in [6.07, 6.45) is 2.61. The van der Waals surface area contributed by atoms with Crippen molar-refractivity contribution in [2.24, 2.45) is 5.92 Å². The molecule has 1 saturated heterocycles. The van der Waals surface area contributed by atoms with Gasteiger partial charge in [-0.2, -0.15) is 0 Å². The third-order valence-electron chi connectivity index (χ3n) is 4.46. The van der Waals surface area contributed by atoms with Crippen LogP contribution in [0, 0.1) is 5.92 Å². The smallest absolute Gasteiger partial charge is 0.407 e. The van der Waals surface area contributed by atoms with Crippen molar-refractivity contribution in [2.75, 3.05) is 13.1 Å². The second-order valence-corrected chi connectivity index (χ2v) is 6.36. The number of pyridine rings is 1. The molecule has 0 radical (unpaired) electrons. The molecule has 25 heavy (non-hydrogen) atoms. The number of carboxylic acid groups (broad SMARTS) is 1. The van der Waals surface area contributed by atoms with Crippen LogP contribution in [0.25, 0.3) is 0 Å². The van der Waals surface area contributed by atoms with Crippen LogP contribution in [0.1, 0.15) is 18.4 Å². The molecule has 2 heterocycles. The van der Waals surface area contributed by atoms with E-state index in [2.05, 4.69) is 0 Å². The van der Waals surface area contributed by atoms with Crippen molar-refractivity contribution in [3.63, 3.8) is 0 Å². The van der Waals surface area contributed by atoms with Gasteiger partial charge in [-0.1, -0.05) is 30.3 Å². The SMILES string of the molecule is O=C(O)N1CCCC(Cn2ccc(OCc3ccccc3)cc2=O)C1. The second-order valence-electron chi connectivity index (χ2n) is 6.36. The van der Waals surface area contributed by atoms with Gasteiger partial charge in [0.15, 0.2) is 0 Å². The Kier molecular flexibility index (Phi) is 5.38. The summed E-state index contributed by atoms with van der Waals surface area (Å²) in [4.78, 5) is 24.8. The number of amides is 1. The van der Waals surface area contributed by atoms with E-state index >= 15 is 0 Å². The maximum absolute atomic E-state index is 12.3. The Morgan fingerprint density at radius 2 is 2.04 bits per heavy atom. The van der Waals surface area contributed by atoms with Gasteiger partial charge in [0, 0.05) is 31.9 Å². The molecule has 2 aromatic rings. The number of aromatic nitrogens is 1. The summed E-state index contributed by atoms with van der Waals surface area (Å²) in [6, 6.07) is 13.0. The van der Waals surface area contributed by atoms with Gasteiger partial charge in [0.05, 0.1) is 0 Å². The molecule has 1 N–H and O–H groups in total. The summed E-state index contributed by atoms with van der Waals surface area (Å²) >= 11 is 0. The standard InChI is InChI=1S/C19H22N2O4/c22-18-11-17(25-14-15-5-2-1-3-6-15)8-10-20(18)12-16-7-4-9-21(13-16)19(23)24/h1-3,5-6,8,10-11,16H,4,7,9,12-14H2,(H,23,24). The van der Waals surface area contributed by atoms with Crippen LogP contribution in [-0.2, 0) is 13.2 Å². The van der Waals surface area contributed by atoms with Crippen LogP contribution in [0.3, 0.4) is 0 Å². The topological polar surface area (TPSA) is 71.8 Å². The van der Waals surface area contributed by atoms with Gasteiger partial charge in [0.25, 0.3) is 5.56 Å². The molecule has 1 aliphatic rings. The largest absolute Gasteiger partial charge is 0.489 e. The first-order chi connectivity index (χ1) is 12.1. The van der Waals surface area contributed by atoms with Crippen LogP contribution >= 0.6 is 0 Å². The van der Waals surface area contributed by atoms with Gasteiger partial charge in [-0.25, -0.2) is 4.79 Å². The third kappa shape index (κ3) is 4.62. The molecule has 0 bridgehead atoms. The van der Waals surface area contributed by atoms with Gasteiger partial charge in [-0.05, 0) is 30.4 Å².